The van der Waals surface area contributed by atoms with E-state index in [9.17, 15) is 9.18 Å². The minimum absolute atomic E-state index is 0.0569. The van der Waals surface area contributed by atoms with Crippen LogP contribution in [0.5, 0.6) is 5.75 Å². The number of pyridine rings is 1. The van der Waals surface area contributed by atoms with Crippen LogP contribution in [0.2, 0.25) is 5.02 Å². The lowest BCUT2D eigenvalue weighted by Gasteiger charge is -2.19. The average Bonchev–Trinajstić information content (AvgIpc) is 2.68. The van der Waals surface area contributed by atoms with Crippen LogP contribution < -0.4 is 10.1 Å². The van der Waals surface area contributed by atoms with Crippen molar-refractivity contribution in [2.45, 2.75) is 6.04 Å². The second-order valence-electron chi connectivity index (χ2n) is 5.53. The summed E-state index contributed by atoms with van der Waals surface area (Å²) >= 11 is 5.71. The van der Waals surface area contributed by atoms with Gasteiger partial charge >= 0.3 is 0 Å². The average molecular weight is 371 g/mol. The molecule has 1 amide bonds. The summed E-state index contributed by atoms with van der Waals surface area (Å²) in [5.74, 6) is -0.548. The Morgan fingerprint density at radius 2 is 1.88 bits per heavy atom. The summed E-state index contributed by atoms with van der Waals surface area (Å²) in [4.78, 5) is 16.7. The first-order chi connectivity index (χ1) is 12.6. The van der Waals surface area contributed by atoms with Crippen LogP contribution in [0.1, 0.15) is 17.3 Å². The van der Waals surface area contributed by atoms with Crippen LogP contribution in [0.15, 0.2) is 72.9 Å². The first-order valence-electron chi connectivity index (χ1n) is 7.96. The van der Waals surface area contributed by atoms with Gasteiger partial charge in [-0.25, -0.2) is 4.39 Å². The maximum absolute atomic E-state index is 13.2. The molecule has 4 nitrogen and oxygen atoms in total. The van der Waals surface area contributed by atoms with Crippen molar-refractivity contribution in [1.29, 1.82) is 0 Å². The number of hydrogen-bond acceptors (Lipinski definition) is 3. The molecule has 0 radical (unpaired) electrons. The fraction of sp³-hybridized carbons (Fsp3) is 0.100. The summed E-state index contributed by atoms with van der Waals surface area (Å²) in [5, 5.41) is 2.86. The van der Waals surface area contributed by atoms with Crippen molar-refractivity contribution in [2.24, 2.45) is 0 Å². The van der Waals surface area contributed by atoms with Crippen molar-refractivity contribution >= 4 is 17.5 Å². The van der Waals surface area contributed by atoms with Crippen molar-refractivity contribution in [3.05, 3.63) is 95.0 Å². The molecule has 3 rings (SSSR count). The van der Waals surface area contributed by atoms with E-state index >= 15 is 0 Å². The molecule has 6 heteroatoms. The highest BCUT2D eigenvalue weighted by Gasteiger charge is 2.18. The van der Waals surface area contributed by atoms with E-state index in [1.807, 2.05) is 48.5 Å². The van der Waals surface area contributed by atoms with E-state index in [4.69, 9.17) is 16.3 Å². The lowest BCUT2D eigenvalue weighted by atomic mass is 10.0. The molecule has 1 unspecified atom stereocenters. The zero-order valence-electron chi connectivity index (χ0n) is 13.7. The molecule has 0 bridgehead atoms. The first-order valence-corrected chi connectivity index (χ1v) is 8.34. The van der Waals surface area contributed by atoms with Crippen molar-refractivity contribution in [1.82, 2.24) is 10.3 Å². The minimum atomic E-state index is -0.539. The third-order valence-electron chi connectivity index (χ3n) is 3.68. The van der Waals surface area contributed by atoms with Crippen LogP contribution in [0.3, 0.4) is 0 Å². The van der Waals surface area contributed by atoms with E-state index in [0.717, 1.165) is 11.3 Å². The Kier molecular flexibility index (Phi) is 5.81. The highest BCUT2D eigenvalue weighted by molar-refractivity contribution is 6.30. The number of amides is 1. The van der Waals surface area contributed by atoms with Crippen LogP contribution in [0.4, 0.5) is 4.39 Å². The van der Waals surface area contributed by atoms with Gasteiger partial charge in [0.15, 0.2) is 6.61 Å². The van der Waals surface area contributed by atoms with E-state index in [0.29, 0.717) is 5.75 Å². The SMILES string of the molecule is O=C(COc1ccc(F)c(Cl)c1)NC(c1ccccc1)c1ccccn1. The fourth-order valence-corrected chi connectivity index (χ4v) is 2.61. The second-order valence-corrected chi connectivity index (χ2v) is 5.94. The van der Waals surface area contributed by atoms with E-state index in [1.165, 1.54) is 18.2 Å². The molecule has 0 spiro atoms. The summed E-state index contributed by atoms with van der Waals surface area (Å²) < 4.78 is 18.6. The molecule has 1 heterocycles. The predicted molar refractivity (Wildman–Crippen MR) is 97.6 cm³/mol. The summed E-state index contributed by atoms with van der Waals surface area (Å²) in [6.45, 7) is -0.224. The Morgan fingerprint density at radius 1 is 1.12 bits per heavy atom. The minimum Gasteiger partial charge on any atom is -0.484 e. The van der Waals surface area contributed by atoms with Gasteiger partial charge in [-0.2, -0.15) is 0 Å². The molecular weight excluding hydrogens is 355 g/mol. The molecule has 0 saturated carbocycles. The molecule has 0 aliphatic rings. The normalized spacial score (nSPS) is 11.6. The van der Waals surface area contributed by atoms with Crippen molar-refractivity contribution in [3.63, 3.8) is 0 Å². The molecule has 1 N–H and O–H groups in total. The van der Waals surface area contributed by atoms with Gasteiger partial charge in [-0.05, 0) is 29.8 Å². The van der Waals surface area contributed by atoms with Gasteiger partial charge in [0, 0.05) is 12.3 Å². The molecule has 1 atom stereocenters. The van der Waals surface area contributed by atoms with E-state index in [1.54, 1.807) is 6.20 Å². The van der Waals surface area contributed by atoms with Gasteiger partial charge in [0.1, 0.15) is 11.6 Å². The number of benzene rings is 2. The predicted octanol–water partition coefficient (Wildman–Crippen LogP) is 4.16. The molecule has 0 fully saturated rings. The molecule has 132 valence electrons. The van der Waals surface area contributed by atoms with Crippen LogP contribution >= 0.6 is 11.6 Å². The maximum Gasteiger partial charge on any atom is 0.258 e. The highest BCUT2D eigenvalue weighted by atomic mass is 35.5. The van der Waals surface area contributed by atoms with Crippen molar-refractivity contribution in [2.75, 3.05) is 6.61 Å². The van der Waals surface area contributed by atoms with Gasteiger partial charge < -0.3 is 10.1 Å². The lowest BCUT2D eigenvalue weighted by Crippen LogP contribution is -2.33. The number of aromatic nitrogens is 1. The van der Waals surface area contributed by atoms with E-state index in [-0.39, 0.29) is 17.5 Å². The second kappa shape index (κ2) is 8.45. The van der Waals surface area contributed by atoms with Gasteiger partial charge in [0.2, 0.25) is 0 Å². The third-order valence-corrected chi connectivity index (χ3v) is 3.97. The van der Waals surface area contributed by atoms with Crippen LogP contribution in [0, 0.1) is 5.82 Å². The topological polar surface area (TPSA) is 51.2 Å². The molecule has 0 aliphatic heterocycles. The summed E-state index contributed by atoms with van der Waals surface area (Å²) in [6.07, 6.45) is 1.68. The lowest BCUT2D eigenvalue weighted by molar-refractivity contribution is -0.123. The molecule has 26 heavy (non-hydrogen) atoms. The Balaban J connectivity index is 1.70. The van der Waals surface area contributed by atoms with Gasteiger partial charge in [0.25, 0.3) is 5.91 Å². The molecule has 2 aromatic carbocycles. The van der Waals surface area contributed by atoms with Crippen LogP contribution in [-0.2, 0) is 4.79 Å². The maximum atomic E-state index is 13.2. The largest absolute Gasteiger partial charge is 0.484 e. The number of halogens is 2. The number of carbonyl (C=O) groups excluding carboxylic acids is 1. The fourth-order valence-electron chi connectivity index (χ4n) is 2.44. The number of rotatable bonds is 6. The number of nitrogens with one attached hydrogen (secondary N) is 1. The number of hydrogen-bond donors (Lipinski definition) is 1. The quantitative estimate of drug-likeness (QED) is 0.709. The Labute approximate surface area is 155 Å². The van der Waals surface area contributed by atoms with Crippen LogP contribution in [0.25, 0.3) is 0 Å². The third kappa shape index (κ3) is 4.58. The van der Waals surface area contributed by atoms with Crippen molar-refractivity contribution in [3.8, 4) is 5.75 Å². The number of ether oxygens (including phenoxy) is 1. The highest BCUT2D eigenvalue weighted by Crippen LogP contribution is 2.22. The molecule has 3 aromatic rings. The Hall–Kier alpha value is -2.92. The van der Waals surface area contributed by atoms with E-state index in [2.05, 4.69) is 10.3 Å². The van der Waals surface area contributed by atoms with Gasteiger partial charge in [-0.3, -0.25) is 9.78 Å². The van der Waals surface area contributed by atoms with Crippen LogP contribution in [-0.4, -0.2) is 17.5 Å². The smallest absolute Gasteiger partial charge is 0.258 e. The van der Waals surface area contributed by atoms with Crippen molar-refractivity contribution < 1.29 is 13.9 Å². The standard InChI is InChI=1S/C20H16ClFN2O2/c21-16-12-15(9-10-17(16)22)26-13-19(25)24-20(14-6-2-1-3-7-14)18-8-4-5-11-23-18/h1-12,20H,13H2,(H,24,25). The summed E-state index contributed by atoms with van der Waals surface area (Å²) in [5.41, 5.74) is 1.63. The molecular formula is C20H16ClFN2O2. The first kappa shape index (κ1) is 17.9. The summed E-state index contributed by atoms with van der Waals surface area (Å²) in [7, 11) is 0. The van der Waals surface area contributed by atoms with Gasteiger partial charge in [-0.15, -0.1) is 0 Å². The molecule has 0 aliphatic carbocycles. The van der Waals surface area contributed by atoms with Gasteiger partial charge in [-0.1, -0.05) is 48.0 Å². The zero-order valence-corrected chi connectivity index (χ0v) is 14.5. The Bertz CT molecular complexity index is 836. The Morgan fingerprint density at radius 3 is 2.58 bits per heavy atom. The molecule has 1 aromatic heterocycles. The summed E-state index contributed by atoms with van der Waals surface area (Å²) in [6, 6.07) is 18.6. The van der Waals surface area contributed by atoms with E-state index < -0.39 is 11.9 Å². The number of carbonyl (C=O) groups is 1. The molecule has 0 saturated heterocycles. The van der Waals surface area contributed by atoms with Gasteiger partial charge in [0.05, 0.1) is 16.8 Å². The number of nitrogens with zero attached hydrogens (tertiary/aromatic N) is 1. The zero-order chi connectivity index (χ0) is 18.4. The monoisotopic (exact) mass is 370 g/mol.